The minimum atomic E-state index is -2.06. The third-order valence-electron chi connectivity index (χ3n) is 7.74. The van der Waals surface area contributed by atoms with Gasteiger partial charge in [0.25, 0.3) is 0 Å². The van der Waals surface area contributed by atoms with Gasteiger partial charge < -0.3 is 9.47 Å². The van der Waals surface area contributed by atoms with Crippen LogP contribution in [0.15, 0.2) is 60.7 Å². The third-order valence-corrected chi connectivity index (χ3v) is 7.74. The van der Waals surface area contributed by atoms with Gasteiger partial charge in [-0.3, -0.25) is 0 Å². The second-order valence-electron chi connectivity index (χ2n) is 11.1. The molecule has 2 aromatic rings. The Labute approximate surface area is 230 Å². The summed E-state index contributed by atoms with van der Waals surface area (Å²) in [4.78, 5) is 0. The lowest BCUT2D eigenvalue weighted by Crippen LogP contribution is -2.55. The molecule has 0 aromatic heterocycles. The van der Waals surface area contributed by atoms with Crippen molar-refractivity contribution in [3.63, 3.8) is 0 Å². The van der Waals surface area contributed by atoms with Gasteiger partial charge >= 0.3 is 0 Å². The molecule has 2 saturated carbocycles. The van der Waals surface area contributed by atoms with E-state index in [-0.39, 0.29) is 26.4 Å². The van der Waals surface area contributed by atoms with Crippen LogP contribution in [0.4, 0.5) is 35.1 Å². The molecule has 10 atom stereocenters. The molecule has 0 heterocycles. The zero-order chi connectivity index (χ0) is 29.5. The normalized spacial score (nSPS) is 37.9. The average Bonchev–Trinajstić information content (AvgIpc) is 2.95. The first-order valence-corrected chi connectivity index (χ1v) is 13.3. The first kappa shape index (κ1) is 32.3. The lowest BCUT2D eigenvalue weighted by Gasteiger charge is -2.42. The number of rotatable bonds is 8. The summed E-state index contributed by atoms with van der Waals surface area (Å²) in [7, 11) is 0. The molecular formula is C30H36F8O2. The minimum Gasteiger partial charge on any atom is -0.376 e. The maximum absolute atomic E-state index is 13.9. The first-order valence-electron chi connectivity index (χ1n) is 13.3. The molecule has 0 bridgehead atoms. The fourth-order valence-electron chi connectivity index (χ4n) is 5.11. The highest BCUT2D eigenvalue weighted by Crippen LogP contribution is 2.44. The Morgan fingerprint density at radius 3 is 1.07 bits per heavy atom. The van der Waals surface area contributed by atoms with Crippen LogP contribution in [0.1, 0.15) is 37.8 Å². The second kappa shape index (κ2) is 14.1. The van der Waals surface area contributed by atoms with E-state index in [1.165, 1.54) is 13.8 Å². The van der Waals surface area contributed by atoms with Crippen LogP contribution < -0.4 is 0 Å². The Bertz CT molecular complexity index is 904. The van der Waals surface area contributed by atoms with E-state index in [2.05, 4.69) is 0 Å². The molecule has 0 radical (unpaired) electrons. The van der Waals surface area contributed by atoms with E-state index in [4.69, 9.17) is 9.47 Å². The highest BCUT2D eigenvalue weighted by atomic mass is 19.2. The monoisotopic (exact) mass is 580 g/mol. The number of hydrogen-bond acceptors (Lipinski definition) is 2. The molecule has 224 valence electrons. The number of ether oxygens (including phenoxy) is 2. The van der Waals surface area contributed by atoms with E-state index in [1.54, 1.807) is 24.3 Å². The molecule has 2 aliphatic rings. The summed E-state index contributed by atoms with van der Waals surface area (Å²) in [6.45, 7) is 2.00. The Morgan fingerprint density at radius 1 is 0.525 bits per heavy atom. The summed E-state index contributed by atoms with van der Waals surface area (Å²) in [6, 6.07) is 18.1. The van der Waals surface area contributed by atoms with Crippen molar-refractivity contribution in [3.8, 4) is 0 Å². The van der Waals surface area contributed by atoms with Crippen molar-refractivity contribution in [2.75, 3.05) is 13.2 Å². The van der Waals surface area contributed by atoms with Gasteiger partial charge in [-0.25, -0.2) is 35.1 Å². The fourth-order valence-corrected chi connectivity index (χ4v) is 5.11. The van der Waals surface area contributed by atoms with Crippen LogP contribution in [0.5, 0.6) is 0 Å². The zero-order valence-corrected chi connectivity index (χ0v) is 22.5. The standard InChI is InChI=1S/2C15H18F4O/c2*1-15(9-20-8-10-5-3-2-4-6-10)13(18)11(16)7-12(17)14(15)19/h2*2-6,11-14H,7-9H2,1H3/t2*11-,12+,13-,14+,15?. The molecule has 2 nitrogen and oxygen atoms in total. The van der Waals surface area contributed by atoms with Crippen LogP contribution in [-0.4, -0.2) is 62.6 Å². The number of benzene rings is 2. The van der Waals surface area contributed by atoms with Gasteiger partial charge in [-0.05, 0) is 11.1 Å². The molecule has 0 spiro atoms. The van der Waals surface area contributed by atoms with Crippen molar-refractivity contribution in [1.29, 1.82) is 0 Å². The SMILES string of the molecule is CC1(COCc2ccccc2)[C@H](F)[C@H](F)C[C@H](F)[C@@H]1F.CC1(COCc2ccccc2)[C@H](F)[C@H](F)C[C@H](F)[C@@H]1F. The molecular weight excluding hydrogens is 544 g/mol. The van der Waals surface area contributed by atoms with Gasteiger partial charge in [0.05, 0.1) is 37.3 Å². The predicted molar refractivity (Wildman–Crippen MR) is 137 cm³/mol. The van der Waals surface area contributed by atoms with E-state index in [0.717, 1.165) is 11.1 Å². The molecule has 0 amide bonds. The van der Waals surface area contributed by atoms with E-state index in [9.17, 15) is 35.1 Å². The molecule has 4 rings (SSSR count). The van der Waals surface area contributed by atoms with Gasteiger partial charge in [0.15, 0.2) is 0 Å². The van der Waals surface area contributed by atoms with Crippen molar-refractivity contribution < 1.29 is 44.6 Å². The van der Waals surface area contributed by atoms with Crippen LogP contribution in [-0.2, 0) is 22.7 Å². The van der Waals surface area contributed by atoms with Crippen LogP contribution in [0, 0.1) is 10.8 Å². The van der Waals surface area contributed by atoms with E-state index < -0.39 is 73.0 Å². The van der Waals surface area contributed by atoms with Gasteiger partial charge in [0.1, 0.15) is 49.4 Å². The minimum absolute atomic E-state index is 0.157. The molecule has 40 heavy (non-hydrogen) atoms. The van der Waals surface area contributed by atoms with Crippen molar-refractivity contribution in [2.45, 2.75) is 89.3 Å². The van der Waals surface area contributed by atoms with Crippen LogP contribution in [0.25, 0.3) is 0 Å². The first-order chi connectivity index (χ1) is 18.9. The summed E-state index contributed by atoms with van der Waals surface area (Å²) in [5.41, 5.74) is -1.89. The summed E-state index contributed by atoms with van der Waals surface area (Å²) in [5.74, 6) is 0. The largest absolute Gasteiger partial charge is 0.376 e. The predicted octanol–water partition coefficient (Wildman–Crippen LogP) is 7.93. The molecule has 0 aliphatic heterocycles. The maximum atomic E-state index is 13.9. The lowest BCUT2D eigenvalue weighted by molar-refractivity contribution is -0.129. The highest BCUT2D eigenvalue weighted by molar-refractivity contribution is 5.14. The highest BCUT2D eigenvalue weighted by Gasteiger charge is 2.56. The molecule has 2 aliphatic carbocycles. The van der Waals surface area contributed by atoms with E-state index in [1.807, 2.05) is 36.4 Å². The smallest absolute Gasteiger partial charge is 0.142 e. The Hall–Kier alpha value is -2.20. The Kier molecular flexibility index (Phi) is 11.4. The van der Waals surface area contributed by atoms with Crippen LogP contribution in [0.2, 0.25) is 0 Å². The number of halogens is 8. The van der Waals surface area contributed by atoms with Gasteiger partial charge in [-0.1, -0.05) is 74.5 Å². The quantitative estimate of drug-likeness (QED) is 0.295. The molecule has 0 N–H and O–H groups in total. The van der Waals surface area contributed by atoms with E-state index >= 15 is 0 Å². The summed E-state index contributed by atoms with van der Waals surface area (Å²) >= 11 is 0. The average molecular weight is 581 g/mol. The van der Waals surface area contributed by atoms with Gasteiger partial charge in [0.2, 0.25) is 0 Å². The van der Waals surface area contributed by atoms with Crippen molar-refractivity contribution in [3.05, 3.63) is 71.8 Å². The van der Waals surface area contributed by atoms with E-state index in [0.29, 0.717) is 0 Å². The van der Waals surface area contributed by atoms with Crippen LogP contribution in [0.3, 0.4) is 0 Å². The van der Waals surface area contributed by atoms with Crippen LogP contribution >= 0.6 is 0 Å². The Morgan fingerprint density at radius 2 is 0.800 bits per heavy atom. The maximum Gasteiger partial charge on any atom is 0.142 e. The molecule has 2 aromatic carbocycles. The summed E-state index contributed by atoms with van der Waals surface area (Å²) in [5, 5.41) is 0. The Balaban J connectivity index is 0.000000220. The molecule has 2 fully saturated rings. The number of alkyl halides is 8. The third kappa shape index (κ3) is 7.55. The van der Waals surface area contributed by atoms with Gasteiger partial charge in [-0.15, -0.1) is 0 Å². The second-order valence-corrected chi connectivity index (χ2v) is 11.1. The van der Waals surface area contributed by atoms with Gasteiger partial charge in [0, 0.05) is 12.8 Å². The lowest BCUT2D eigenvalue weighted by atomic mass is 9.71. The number of hydrogen-bond donors (Lipinski definition) is 0. The fraction of sp³-hybridized carbons (Fsp3) is 0.600. The summed E-state index contributed by atoms with van der Waals surface area (Å²) in [6.07, 6.45) is -17.6. The molecule has 10 heteroatoms. The summed E-state index contributed by atoms with van der Waals surface area (Å²) < 4.78 is 120. The van der Waals surface area contributed by atoms with Crippen molar-refractivity contribution in [2.24, 2.45) is 10.8 Å². The van der Waals surface area contributed by atoms with Gasteiger partial charge in [-0.2, -0.15) is 0 Å². The zero-order valence-electron chi connectivity index (χ0n) is 22.5. The molecule has 0 saturated heterocycles. The molecule has 2 unspecified atom stereocenters. The van der Waals surface area contributed by atoms with Crippen molar-refractivity contribution >= 4 is 0 Å². The topological polar surface area (TPSA) is 18.5 Å². The van der Waals surface area contributed by atoms with Crippen molar-refractivity contribution in [1.82, 2.24) is 0 Å².